The summed E-state index contributed by atoms with van der Waals surface area (Å²) in [5.41, 5.74) is 4.14. The summed E-state index contributed by atoms with van der Waals surface area (Å²) in [6.45, 7) is 3.83. The van der Waals surface area contributed by atoms with Crippen LogP contribution in [-0.4, -0.2) is 44.1 Å². The van der Waals surface area contributed by atoms with E-state index in [1.165, 1.54) is 23.1 Å². The normalized spacial score (nSPS) is 18.6. The lowest BCUT2D eigenvalue weighted by atomic mass is 9.99. The molecule has 0 aliphatic carbocycles. The van der Waals surface area contributed by atoms with Crippen LogP contribution < -0.4 is 10.1 Å². The Kier molecular flexibility index (Phi) is 6.99. The molecule has 1 fully saturated rings. The summed E-state index contributed by atoms with van der Waals surface area (Å²) < 4.78 is 5.59. The Morgan fingerprint density at radius 2 is 2.07 bits per heavy atom. The van der Waals surface area contributed by atoms with Gasteiger partial charge in [-0.2, -0.15) is 0 Å². The van der Waals surface area contributed by atoms with Crippen molar-refractivity contribution in [2.45, 2.75) is 25.2 Å². The zero-order valence-corrected chi connectivity index (χ0v) is 18.2. The maximum absolute atomic E-state index is 5.59. The number of guanidine groups is 1. The average molecular weight is 477 g/mol. The lowest BCUT2D eigenvalue weighted by Crippen LogP contribution is -2.40. The first-order valence-corrected chi connectivity index (χ1v) is 9.58. The van der Waals surface area contributed by atoms with Crippen molar-refractivity contribution in [1.82, 2.24) is 10.2 Å². The molecule has 2 aliphatic rings. The Labute approximate surface area is 179 Å². The summed E-state index contributed by atoms with van der Waals surface area (Å²) in [5.74, 6) is 2.68. The third-order valence-corrected chi connectivity index (χ3v) is 5.42. The van der Waals surface area contributed by atoms with Crippen molar-refractivity contribution >= 4 is 29.9 Å². The van der Waals surface area contributed by atoms with Gasteiger partial charge in [0.25, 0.3) is 0 Å². The highest BCUT2D eigenvalue weighted by Crippen LogP contribution is 2.27. The van der Waals surface area contributed by atoms with Crippen LogP contribution in [0.3, 0.4) is 0 Å². The summed E-state index contributed by atoms with van der Waals surface area (Å²) in [4.78, 5) is 6.88. The summed E-state index contributed by atoms with van der Waals surface area (Å²) >= 11 is 0. The Morgan fingerprint density at radius 1 is 1.22 bits per heavy atom. The molecular weight excluding hydrogens is 449 g/mol. The smallest absolute Gasteiger partial charge is 0.193 e. The molecule has 4 rings (SSSR count). The minimum absolute atomic E-state index is 0. The van der Waals surface area contributed by atoms with Crippen LogP contribution in [0.4, 0.5) is 0 Å². The molecular formula is C22H28IN3O. The molecule has 4 nitrogen and oxygen atoms in total. The third kappa shape index (κ3) is 4.75. The second-order valence-corrected chi connectivity index (χ2v) is 7.11. The minimum Gasteiger partial charge on any atom is -0.493 e. The fraction of sp³-hybridized carbons (Fsp3) is 0.409. The average Bonchev–Trinajstić information content (AvgIpc) is 3.35. The van der Waals surface area contributed by atoms with E-state index in [9.17, 15) is 0 Å². The first-order valence-electron chi connectivity index (χ1n) is 9.58. The molecule has 0 spiro atoms. The number of ether oxygens (including phenoxy) is 1. The number of nitrogens with zero attached hydrogens (tertiary/aromatic N) is 2. The number of likely N-dealkylation sites (tertiary alicyclic amines) is 1. The van der Waals surface area contributed by atoms with Crippen LogP contribution in [0.25, 0.3) is 0 Å². The van der Waals surface area contributed by atoms with Gasteiger partial charge in [-0.25, -0.2) is 0 Å². The van der Waals surface area contributed by atoms with E-state index in [0.717, 1.165) is 50.8 Å². The fourth-order valence-corrected chi connectivity index (χ4v) is 4.00. The largest absolute Gasteiger partial charge is 0.493 e. The molecule has 1 N–H and O–H groups in total. The first kappa shape index (κ1) is 20.0. The molecule has 1 saturated heterocycles. The number of hydrogen-bond acceptors (Lipinski definition) is 2. The molecule has 2 aromatic carbocycles. The molecule has 5 heteroatoms. The summed E-state index contributed by atoms with van der Waals surface area (Å²) in [5, 5.41) is 3.54. The van der Waals surface area contributed by atoms with Gasteiger partial charge in [0.05, 0.1) is 6.61 Å². The lowest BCUT2D eigenvalue weighted by molar-refractivity contribution is 0.357. The standard InChI is InChI=1S/C22H27N3O.HI/c1-23-22(25-13-10-20(16-25)18-5-3-2-4-6-18)24-12-9-17-7-8-21-19(15-17)11-14-26-21;/h2-8,15,20H,9-14,16H2,1H3,(H,23,24);1H. The van der Waals surface area contributed by atoms with Crippen molar-refractivity contribution < 1.29 is 4.74 Å². The maximum atomic E-state index is 5.59. The van der Waals surface area contributed by atoms with Gasteiger partial charge in [0.15, 0.2) is 5.96 Å². The van der Waals surface area contributed by atoms with Crippen LogP contribution in [0, 0.1) is 0 Å². The van der Waals surface area contributed by atoms with E-state index in [4.69, 9.17) is 4.74 Å². The van der Waals surface area contributed by atoms with E-state index in [1.807, 2.05) is 7.05 Å². The van der Waals surface area contributed by atoms with Crippen molar-refractivity contribution in [3.8, 4) is 5.75 Å². The number of aliphatic imine (C=N–C) groups is 1. The lowest BCUT2D eigenvalue weighted by Gasteiger charge is -2.22. The number of hydrogen-bond donors (Lipinski definition) is 1. The molecule has 2 aromatic rings. The fourth-order valence-electron chi connectivity index (χ4n) is 4.00. The number of halogens is 1. The Morgan fingerprint density at radius 3 is 2.89 bits per heavy atom. The molecule has 1 unspecified atom stereocenters. The molecule has 0 amide bonds. The Balaban J connectivity index is 0.00000210. The zero-order chi connectivity index (χ0) is 17.8. The molecule has 0 bridgehead atoms. The second-order valence-electron chi connectivity index (χ2n) is 7.11. The predicted molar refractivity (Wildman–Crippen MR) is 121 cm³/mol. The minimum atomic E-state index is 0. The molecule has 144 valence electrons. The highest BCUT2D eigenvalue weighted by atomic mass is 127. The van der Waals surface area contributed by atoms with Gasteiger partial charge in [0.2, 0.25) is 0 Å². The van der Waals surface area contributed by atoms with Gasteiger partial charge in [-0.1, -0.05) is 42.5 Å². The Hall–Kier alpha value is -1.76. The molecule has 2 heterocycles. The van der Waals surface area contributed by atoms with Crippen LogP contribution in [0.5, 0.6) is 5.75 Å². The molecule has 0 aromatic heterocycles. The van der Waals surface area contributed by atoms with Crippen molar-refractivity contribution in [2.24, 2.45) is 4.99 Å². The molecule has 0 radical (unpaired) electrons. The number of rotatable bonds is 4. The molecule has 1 atom stereocenters. The van der Waals surface area contributed by atoms with Gasteiger partial charge in [-0.05, 0) is 35.6 Å². The van der Waals surface area contributed by atoms with Crippen molar-refractivity contribution in [2.75, 3.05) is 33.3 Å². The van der Waals surface area contributed by atoms with E-state index in [-0.39, 0.29) is 24.0 Å². The quantitative estimate of drug-likeness (QED) is 0.413. The topological polar surface area (TPSA) is 36.9 Å². The third-order valence-electron chi connectivity index (χ3n) is 5.42. The van der Waals surface area contributed by atoms with Crippen molar-refractivity contribution in [1.29, 1.82) is 0 Å². The van der Waals surface area contributed by atoms with Gasteiger partial charge in [0, 0.05) is 39.0 Å². The van der Waals surface area contributed by atoms with Gasteiger partial charge in [-0.3, -0.25) is 4.99 Å². The van der Waals surface area contributed by atoms with Crippen molar-refractivity contribution in [3.05, 3.63) is 65.2 Å². The second kappa shape index (κ2) is 9.44. The van der Waals surface area contributed by atoms with Crippen molar-refractivity contribution in [3.63, 3.8) is 0 Å². The van der Waals surface area contributed by atoms with Crippen LogP contribution in [-0.2, 0) is 12.8 Å². The van der Waals surface area contributed by atoms with Gasteiger partial charge < -0.3 is 15.0 Å². The maximum Gasteiger partial charge on any atom is 0.193 e. The van der Waals surface area contributed by atoms with Crippen LogP contribution >= 0.6 is 24.0 Å². The van der Waals surface area contributed by atoms with E-state index < -0.39 is 0 Å². The highest BCUT2D eigenvalue weighted by Gasteiger charge is 2.25. The summed E-state index contributed by atoms with van der Waals surface area (Å²) in [7, 11) is 1.88. The monoisotopic (exact) mass is 477 g/mol. The van der Waals surface area contributed by atoms with Crippen LogP contribution in [0.15, 0.2) is 53.5 Å². The van der Waals surface area contributed by atoms with Gasteiger partial charge in [-0.15, -0.1) is 24.0 Å². The molecule has 0 saturated carbocycles. The first-order chi connectivity index (χ1) is 12.8. The van der Waals surface area contributed by atoms with Gasteiger partial charge >= 0.3 is 0 Å². The number of nitrogens with one attached hydrogen (secondary N) is 1. The summed E-state index contributed by atoms with van der Waals surface area (Å²) in [6, 6.07) is 17.4. The van der Waals surface area contributed by atoms with Gasteiger partial charge in [0.1, 0.15) is 5.75 Å². The van der Waals surface area contributed by atoms with Crippen LogP contribution in [0.2, 0.25) is 0 Å². The summed E-state index contributed by atoms with van der Waals surface area (Å²) in [6.07, 6.45) is 3.23. The van der Waals surface area contributed by atoms with E-state index in [2.05, 4.69) is 63.7 Å². The molecule has 27 heavy (non-hydrogen) atoms. The van der Waals surface area contributed by atoms with Crippen LogP contribution in [0.1, 0.15) is 29.0 Å². The van der Waals surface area contributed by atoms with E-state index >= 15 is 0 Å². The zero-order valence-electron chi connectivity index (χ0n) is 15.9. The number of fused-ring (bicyclic) bond motifs is 1. The highest BCUT2D eigenvalue weighted by molar-refractivity contribution is 14.0. The van der Waals surface area contributed by atoms with E-state index in [1.54, 1.807) is 0 Å². The van der Waals surface area contributed by atoms with E-state index in [0.29, 0.717) is 5.92 Å². The number of benzene rings is 2. The molecule has 2 aliphatic heterocycles. The predicted octanol–water partition coefficient (Wildman–Crippen LogP) is 3.85. The Bertz CT molecular complexity index is 778. The SMILES string of the molecule is CN=C(NCCc1ccc2c(c1)CCO2)N1CCC(c2ccccc2)C1.I.